The molecule has 0 radical (unpaired) electrons. The molecule has 26 heavy (non-hydrogen) atoms. The third-order valence-electron chi connectivity index (χ3n) is 4.58. The Hall–Kier alpha value is -2.38. The third kappa shape index (κ3) is 3.45. The number of esters is 1. The van der Waals surface area contributed by atoms with Gasteiger partial charge >= 0.3 is 5.97 Å². The van der Waals surface area contributed by atoms with Crippen molar-refractivity contribution in [2.75, 3.05) is 7.11 Å². The number of hydrogen-bond acceptors (Lipinski definition) is 5. The van der Waals surface area contributed by atoms with E-state index in [1.54, 1.807) is 29.7 Å². The maximum atomic E-state index is 12.3. The summed E-state index contributed by atoms with van der Waals surface area (Å²) in [5.41, 5.74) is 2.15. The van der Waals surface area contributed by atoms with Crippen molar-refractivity contribution in [3.8, 4) is 5.75 Å². The van der Waals surface area contributed by atoms with Crippen LogP contribution in [0.3, 0.4) is 0 Å². The highest BCUT2D eigenvalue weighted by Gasteiger charge is 2.65. The number of nitrogens with one attached hydrogen (secondary N) is 1. The summed E-state index contributed by atoms with van der Waals surface area (Å²) in [4.78, 5) is 24.1. The zero-order valence-electron chi connectivity index (χ0n) is 14.1. The van der Waals surface area contributed by atoms with E-state index in [0.717, 1.165) is 10.0 Å². The smallest absolute Gasteiger partial charge is 0.317 e. The summed E-state index contributed by atoms with van der Waals surface area (Å²) >= 11 is 3.42. The van der Waals surface area contributed by atoms with Crippen molar-refractivity contribution < 1.29 is 24.3 Å². The van der Waals surface area contributed by atoms with Gasteiger partial charge in [-0.1, -0.05) is 40.2 Å². The molecule has 0 saturated heterocycles. The van der Waals surface area contributed by atoms with E-state index in [2.05, 4.69) is 15.9 Å². The van der Waals surface area contributed by atoms with Crippen LogP contribution < -0.4 is 10.2 Å². The van der Waals surface area contributed by atoms with Crippen LogP contribution in [0.5, 0.6) is 5.75 Å². The lowest BCUT2D eigenvalue weighted by Crippen LogP contribution is -2.31. The average Bonchev–Trinajstić information content (AvgIpc) is 3.42. The SMILES string of the molecule is COC(=O)[C@]1(c2cccc(OCc3cccc(Br)c3)c2)C[C@H]1C(=O)NO. The number of hydroxylamine groups is 1. The Balaban J connectivity index is 1.81. The van der Waals surface area contributed by atoms with Crippen molar-refractivity contribution >= 4 is 27.8 Å². The van der Waals surface area contributed by atoms with Crippen LogP contribution >= 0.6 is 15.9 Å². The van der Waals surface area contributed by atoms with Gasteiger partial charge in [-0.25, -0.2) is 5.48 Å². The molecule has 0 bridgehead atoms. The van der Waals surface area contributed by atoms with E-state index in [4.69, 9.17) is 14.7 Å². The van der Waals surface area contributed by atoms with Gasteiger partial charge in [-0.2, -0.15) is 0 Å². The van der Waals surface area contributed by atoms with Crippen molar-refractivity contribution in [1.82, 2.24) is 5.48 Å². The van der Waals surface area contributed by atoms with Crippen molar-refractivity contribution in [3.63, 3.8) is 0 Å². The monoisotopic (exact) mass is 419 g/mol. The highest BCUT2D eigenvalue weighted by Crippen LogP contribution is 2.55. The van der Waals surface area contributed by atoms with Crippen molar-refractivity contribution in [2.24, 2.45) is 5.92 Å². The van der Waals surface area contributed by atoms with Crippen LogP contribution in [-0.4, -0.2) is 24.2 Å². The number of amides is 1. The molecule has 0 spiro atoms. The number of halogens is 1. The lowest BCUT2D eigenvalue weighted by atomic mass is 9.92. The molecule has 1 fully saturated rings. The standard InChI is InChI=1S/C19H18BrNO5/c1-25-18(23)19(10-16(19)17(22)21-24)13-5-3-7-15(9-13)26-11-12-4-2-6-14(20)8-12/h2-9,16,24H,10-11H2,1H3,(H,21,22)/t16-,19-/m0/s1. The Morgan fingerprint density at radius 3 is 2.73 bits per heavy atom. The number of benzene rings is 2. The van der Waals surface area contributed by atoms with E-state index in [1.165, 1.54) is 7.11 Å². The fourth-order valence-corrected chi connectivity index (χ4v) is 3.61. The van der Waals surface area contributed by atoms with Gasteiger partial charge in [-0.15, -0.1) is 0 Å². The van der Waals surface area contributed by atoms with Gasteiger partial charge in [-0.05, 0) is 41.8 Å². The normalized spacial score (nSPS) is 21.0. The molecule has 0 aliphatic heterocycles. The van der Waals surface area contributed by atoms with E-state index in [1.807, 2.05) is 24.3 Å². The van der Waals surface area contributed by atoms with Crippen LogP contribution in [0, 0.1) is 5.92 Å². The summed E-state index contributed by atoms with van der Waals surface area (Å²) in [6.07, 6.45) is 0.279. The first-order chi connectivity index (χ1) is 12.5. The predicted molar refractivity (Wildman–Crippen MR) is 96.6 cm³/mol. The minimum atomic E-state index is -1.09. The molecular formula is C19H18BrNO5. The molecule has 1 aliphatic rings. The summed E-state index contributed by atoms with van der Waals surface area (Å²) < 4.78 is 11.7. The Labute approximate surface area is 159 Å². The Kier molecular flexibility index (Phi) is 5.29. The molecule has 2 atom stereocenters. The molecule has 2 N–H and O–H groups in total. The van der Waals surface area contributed by atoms with Crippen LogP contribution in [0.4, 0.5) is 0 Å². The number of ether oxygens (including phenoxy) is 2. The topological polar surface area (TPSA) is 84.9 Å². The van der Waals surface area contributed by atoms with Crippen LogP contribution in [0.2, 0.25) is 0 Å². The molecule has 1 amide bonds. The number of methoxy groups -OCH3 is 1. The van der Waals surface area contributed by atoms with Gasteiger partial charge in [0.25, 0.3) is 0 Å². The Morgan fingerprint density at radius 1 is 1.27 bits per heavy atom. The Morgan fingerprint density at radius 2 is 2.04 bits per heavy atom. The summed E-state index contributed by atoms with van der Waals surface area (Å²) in [6, 6.07) is 14.8. The Bertz CT molecular complexity index is 840. The minimum Gasteiger partial charge on any atom is -0.489 e. The van der Waals surface area contributed by atoms with Crippen LogP contribution in [0.1, 0.15) is 17.5 Å². The van der Waals surface area contributed by atoms with Gasteiger partial charge in [0, 0.05) is 4.47 Å². The molecule has 7 heteroatoms. The zero-order chi connectivity index (χ0) is 18.7. The molecule has 6 nitrogen and oxygen atoms in total. The maximum Gasteiger partial charge on any atom is 0.317 e. The molecule has 1 saturated carbocycles. The summed E-state index contributed by atoms with van der Waals surface area (Å²) in [7, 11) is 1.28. The second kappa shape index (κ2) is 7.47. The number of hydrogen-bond donors (Lipinski definition) is 2. The van der Waals surface area contributed by atoms with Gasteiger partial charge in [-0.3, -0.25) is 14.8 Å². The molecule has 0 heterocycles. The van der Waals surface area contributed by atoms with Crippen LogP contribution in [0.25, 0.3) is 0 Å². The first-order valence-corrected chi connectivity index (χ1v) is 8.80. The highest BCUT2D eigenvalue weighted by atomic mass is 79.9. The molecule has 3 rings (SSSR count). The van der Waals surface area contributed by atoms with Gasteiger partial charge < -0.3 is 9.47 Å². The second-order valence-electron chi connectivity index (χ2n) is 6.14. The van der Waals surface area contributed by atoms with E-state index in [9.17, 15) is 9.59 Å². The first kappa shape index (κ1) is 18.4. The van der Waals surface area contributed by atoms with Crippen molar-refractivity contribution in [2.45, 2.75) is 18.4 Å². The van der Waals surface area contributed by atoms with Crippen molar-refractivity contribution in [1.29, 1.82) is 0 Å². The summed E-state index contributed by atoms with van der Waals surface area (Å²) in [6.45, 7) is 0.370. The van der Waals surface area contributed by atoms with Crippen LogP contribution in [0.15, 0.2) is 53.0 Å². The molecule has 0 aromatic heterocycles. The molecule has 0 unspecified atom stereocenters. The van der Waals surface area contributed by atoms with E-state index in [0.29, 0.717) is 17.9 Å². The molecule has 136 valence electrons. The minimum absolute atomic E-state index is 0.279. The fraction of sp³-hybridized carbons (Fsp3) is 0.263. The average molecular weight is 420 g/mol. The van der Waals surface area contributed by atoms with Crippen LogP contribution in [-0.2, 0) is 26.3 Å². The molecule has 1 aliphatic carbocycles. The fourth-order valence-electron chi connectivity index (χ4n) is 3.16. The van der Waals surface area contributed by atoms with Gasteiger partial charge in [0.15, 0.2) is 0 Å². The van der Waals surface area contributed by atoms with Gasteiger partial charge in [0.1, 0.15) is 17.8 Å². The maximum absolute atomic E-state index is 12.3. The number of rotatable bonds is 6. The first-order valence-electron chi connectivity index (χ1n) is 8.01. The highest BCUT2D eigenvalue weighted by molar-refractivity contribution is 9.10. The van der Waals surface area contributed by atoms with Crippen molar-refractivity contribution in [3.05, 3.63) is 64.1 Å². The van der Waals surface area contributed by atoms with Gasteiger partial charge in [0.05, 0.1) is 13.0 Å². The quantitative estimate of drug-likeness (QED) is 0.427. The third-order valence-corrected chi connectivity index (χ3v) is 5.07. The lowest BCUT2D eigenvalue weighted by molar-refractivity contribution is -0.146. The molecule has 2 aromatic rings. The molecule has 2 aromatic carbocycles. The lowest BCUT2D eigenvalue weighted by Gasteiger charge is -2.16. The summed E-state index contributed by atoms with van der Waals surface area (Å²) in [5, 5.41) is 8.89. The second-order valence-corrected chi connectivity index (χ2v) is 7.06. The van der Waals surface area contributed by atoms with E-state index in [-0.39, 0.29) is 6.42 Å². The van der Waals surface area contributed by atoms with E-state index < -0.39 is 23.2 Å². The largest absolute Gasteiger partial charge is 0.489 e. The zero-order valence-corrected chi connectivity index (χ0v) is 15.7. The van der Waals surface area contributed by atoms with Gasteiger partial charge in [0.2, 0.25) is 5.91 Å². The molecular weight excluding hydrogens is 402 g/mol. The summed E-state index contributed by atoms with van der Waals surface area (Å²) in [5.74, 6) is -1.19. The number of carbonyl (C=O) groups excluding carboxylic acids is 2. The number of carbonyl (C=O) groups is 2. The predicted octanol–water partition coefficient (Wildman–Crippen LogP) is 2.96. The van der Waals surface area contributed by atoms with E-state index >= 15 is 0 Å².